The summed E-state index contributed by atoms with van der Waals surface area (Å²) in [5.41, 5.74) is 0.804. The molecule has 0 aliphatic heterocycles. The largest absolute Gasteiger partial charge is 0.490 e. The Bertz CT molecular complexity index is 818. The van der Waals surface area contributed by atoms with Crippen molar-refractivity contribution >= 4 is 81.8 Å². The highest BCUT2D eigenvalue weighted by Gasteiger charge is 2.33. The van der Waals surface area contributed by atoms with Crippen molar-refractivity contribution in [3.63, 3.8) is 0 Å². The summed E-state index contributed by atoms with van der Waals surface area (Å²) < 4.78 is 7.34. The third-order valence-electron chi connectivity index (χ3n) is 3.15. The Labute approximate surface area is 192 Å². The van der Waals surface area contributed by atoms with Crippen LogP contribution in [0.1, 0.15) is 36.9 Å². The molecule has 11 heteroatoms. The molecule has 0 aliphatic rings. The van der Waals surface area contributed by atoms with Crippen molar-refractivity contribution < 1.29 is 9.47 Å². The lowest BCUT2D eigenvalue weighted by Gasteiger charge is -2.14. The second-order valence-electron chi connectivity index (χ2n) is 5.24. The van der Waals surface area contributed by atoms with Gasteiger partial charge in [-0.15, -0.1) is 0 Å². The van der Waals surface area contributed by atoms with E-state index in [1.165, 1.54) is 0 Å². The third kappa shape index (κ3) is 6.68. The van der Waals surface area contributed by atoms with Crippen LogP contribution < -0.4 is 9.47 Å². The first kappa shape index (κ1) is 23.6. The SMILES string of the molecule is CCOc1ccc(C=Cc2nc(C(Cl)(Cl)Cl)nc(C(Cl)(Cl)Cl)n2)cc1OCC. The Kier molecular flexibility index (Phi) is 8.32. The minimum absolute atomic E-state index is 0.157. The highest BCUT2D eigenvalue weighted by Crippen LogP contribution is 2.40. The monoisotopic (exact) mass is 503 g/mol. The fraction of sp³-hybridized carbons (Fsp3) is 0.353. The quantitative estimate of drug-likeness (QED) is 0.420. The molecule has 5 nitrogen and oxygen atoms in total. The van der Waals surface area contributed by atoms with Crippen molar-refractivity contribution in [2.75, 3.05) is 13.2 Å². The molecule has 28 heavy (non-hydrogen) atoms. The van der Waals surface area contributed by atoms with E-state index in [9.17, 15) is 0 Å². The van der Waals surface area contributed by atoms with E-state index in [1.54, 1.807) is 18.2 Å². The molecule has 0 N–H and O–H groups in total. The first-order chi connectivity index (χ1) is 13.0. The second-order valence-corrected chi connectivity index (χ2v) is 9.80. The van der Waals surface area contributed by atoms with Crippen LogP contribution in [0.15, 0.2) is 18.2 Å². The predicted octanol–water partition coefficient (Wildman–Crippen LogP) is 6.49. The van der Waals surface area contributed by atoms with E-state index >= 15 is 0 Å². The molecular weight excluding hydrogens is 491 g/mol. The van der Waals surface area contributed by atoms with Crippen LogP contribution in [0.5, 0.6) is 11.5 Å². The van der Waals surface area contributed by atoms with Crippen LogP contribution in [0, 0.1) is 0 Å². The van der Waals surface area contributed by atoms with Crippen molar-refractivity contribution in [3.8, 4) is 11.5 Å². The summed E-state index contributed by atoms with van der Waals surface area (Å²) in [5, 5.41) is 0. The Morgan fingerprint density at radius 2 is 1.32 bits per heavy atom. The minimum atomic E-state index is -1.91. The topological polar surface area (TPSA) is 57.1 Å². The van der Waals surface area contributed by atoms with Gasteiger partial charge in [0.1, 0.15) is 0 Å². The van der Waals surface area contributed by atoms with Gasteiger partial charge in [-0.05, 0) is 37.6 Å². The van der Waals surface area contributed by atoms with Gasteiger partial charge in [-0.3, -0.25) is 0 Å². The number of nitrogens with zero attached hydrogens (tertiary/aromatic N) is 3. The summed E-state index contributed by atoms with van der Waals surface area (Å²) >= 11 is 35.2. The molecule has 0 fully saturated rings. The summed E-state index contributed by atoms with van der Waals surface area (Å²) in [6.07, 6.45) is 3.31. The molecule has 1 heterocycles. The van der Waals surface area contributed by atoms with E-state index in [0.29, 0.717) is 24.7 Å². The molecule has 0 radical (unpaired) electrons. The normalized spacial score (nSPS) is 12.4. The Morgan fingerprint density at radius 3 is 1.82 bits per heavy atom. The third-order valence-corrected chi connectivity index (χ3v) is 4.17. The maximum absolute atomic E-state index is 5.87. The van der Waals surface area contributed by atoms with Crippen LogP contribution in [0.2, 0.25) is 0 Å². The van der Waals surface area contributed by atoms with Crippen molar-refractivity contribution in [2.45, 2.75) is 21.4 Å². The van der Waals surface area contributed by atoms with Crippen LogP contribution >= 0.6 is 69.6 Å². The minimum Gasteiger partial charge on any atom is -0.490 e. The number of halogens is 6. The van der Waals surface area contributed by atoms with E-state index in [2.05, 4.69) is 15.0 Å². The van der Waals surface area contributed by atoms with E-state index in [4.69, 9.17) is 79.1 Å². The van der Waals surface area contributed by atoms with Crippen LogP contribution in [0.3, 0.4) is 0 Å². The highest BCUT2D eigenvalue weighted by molar-refractivity contribution is 6.67. The Hall–Kier alpha value is -0.690. The van der Waals surface area contributed by atoms with Gasteiger partial charge in [-0.25, -0.2) is 15.0 Å². The number of aromatic nitrogens is 3. The summed E-state index contributed by atoms with van der Waals surface area (Å²) in [6, 6.07) is 5.47. The summed E-state index contributed by atoms with van der Waals surface area (Å²) in [7, 11) is 0. The van der Waals surface area contributed by atoms with Crippen LogP contribution in [0.4, 0.5) is 0 Å². The maximum Gasteiger partial charge on any atom is 0.250 e. The van der Waals surface area contributed by atoms with E-state index in [1.807, 2.05) is 26.0 Å². The lowest BCUT2D eigenvalue weighted by Crippen LogP contribution is -2.16. The molecule has 0 aliphatic carbocycles. The molecule has 0 amide bonds. The molecule has 0 saturated carbocycles. The first-order valence-corrected chi connectivity index (χ1v) is 10.3. The Morgan fingerprint density at radius 1 is 0.786 bits per heavy atom. The lowest BCUT2D eigenvalue weighted by atomic mass is 10.2. The Balaban J connectivity index is 2.41. The predicted molar refractivity (Wildman–Crippen MR) is 116 cm³/mol. The van der Waals surface area contributed by atoms with Crippen molar-refractivity contribution in [3.05, 3.63) is 41.2 Å². The van der Waals surface area contributed by atoms with E-state index in [-0.39, 0.29) is 17.5 Å². The standard InChI is InChI=1S/C17H15Cl6N3O2/c1-3-27-11-7-5-10(9-12(11)28-4-2)6-8-13-24-14(16(18,19)20)26-15(25-13)17(21,22)23/h5-9H,3-4H2,1-2H3. The molecule has 152 valence electrons. The van der Waals surface area contributed by atoms with Crippen molar-refractivity contribution in [1.82, 2.24) is 15.0 Å². The van der Waals surface area contributed by atoms with E-state index in [0.717, 1.165) is 5.56 Å². The van der Waals surface area contributed by atoms with Gasteiger partial charge in [-0.1, -0.05) is 81.7 Å². The van der Waals surface area contributed by atoms with Crippen molar-refractivity contribution in [1.29, 1.82) is 0 Å². The fourth-order valence-electron chi connectivity index (χ4n) is 2.06. The molecule has 0 spiro atoms. The number of hydrogen-bond donors (Lipinski definition) is 0. The van der Waals surface area contributed by atoms with Gasteiger partial charge in [-0.2, -0.15) is 0 Å². The average molecular weight is 506 g/mol. The van der Waals surface area contributed by atoms with Crippen LogP contribution in [-0.4, -0.2) is 28.2 Å². The number of rotatable bonds is 6. The molecule has 0 atom stereocenters. The van der Waals surface area contributed by atoms with Crippen LogP contribution in [-0.2, 0) is 7.59 Å². The molecule has 0 saturated heterocycles. The van der Waals surface area contributed by atoms with Gasteiger partial charge in [0, 0.05) is 0 Å². The zero-order valence-corrected chi connectivity index (χ0v) is 19.3. The smallest absolute Gasteiger partial charge is 0.250 e. The van der Waals surface area contributed by atoms with E-state index < -0.39 is 7.59 Å². The van der Waals surface area contributed by atoms with Gasteiger partial charge in [0.15, 0.2) is 29.0 Å². The average Bonchev–Trinajstić information content (AvgIpc) is 2.60. The van der Waals surface area contributed by atoms with Gasteiger partial charge in [0.05, 0.1) is 13.2 Å². The summed E-state index contributed by atoms with van der Waals surface area (Å²) in [5.74, 6) is 1.11. The molecule has 1 aromatic carbocycles. The van der Waals surface area contributed by atoms with Gasteiger partial charge in [0.2, 0.25) is 7.59 Å². The molecule has 0 unspecified atom stereocenters. The molecule has 1 aromatic heterocycles. The fourth-order valence-corrected chi connectivity index (χ4v) is 2.57. The summed E-state index contributed by atoms with van der Waals surface area (Å²) in [4.78, 5) is 12.1. The van der Waals surface area contributed by atoms with Gasteiger partial charge >= 0.3 is 0 Å². The number of benzene rings is 1. The number of alkyl halides is 6. The lowest BCUT2D eigenvalue weighted by molar-refractivity contribution is 0.287. The molecule has 0 bridgehead atoms. The number of ether oxygens (including phenoxy) is 2. The summed E-state index contributed by atoms with van der Waals surface area (Å²) in [6.45, 7) is 4.81. The molecule has 2 rings (SSSR count). The first-order valence-electron chi connectivity index (χ1n) is 8.02. The zero-order chi connectivity index (χ0) is 20.9. The van der Waals surface area contributed by atoms with Gasteiger partial charge in [0.25, 0.3) is 0 Å². The molecule has 2 aromatic rings. The van der Waals surface area contributed by atoms with Gasteiger partial charge < -0.3 is 9.47 Å². The maximum atomic E-state index is 5.87. The highest BCUT2D eigenvalue weighted by atomic mass is 35.6. The molecular formula is C17H15Cl6N3O2. The van der Waals surface area contributed by atoms with Crippen molar-refractivity contribution in [2.24, 2.45) is 0 Å². The zero-order valence-electron chi connectivity index (χ0n) is 14.7. The second kappa shape index (κ2) is 9.88. The number of hydrogen-bond acceptors (Lipinski definition) is 5. The van der Waals surface area contributed by atoms with Crippen LogP contribution in [0.25, 0.3) is 12.2 Å².